The molecule has 1 rings (SSSR count). The van der Waals surface area contributed by atoms with Crippen molar-refractivity contribution >= 4 is 18.5 Å². The van der Waals surface area contributed by atoms with Gasteiger partial charge < -0.3 is 9.47 Å². The van der Waals surface area contributed by atoms with Crippen LogP contribution in [0.15, 0.2) is 0 Å². The smallest absolute Gasteiger partial charge is 0.411 e. The topological polar surface area (TPSA) is 38.8 Å². The van der Waals surface area contributed by atoms with E-state index in [2.05, 4.69) is 0 Å². The number of methoxy groups -OCH3 is 1. The van der Waals surface area contributed by atoms with Gasteiger partial charge in [0.25, 0.3) is 0 Å². The summed E-state index contributed by atoms with van der Waals surface area (Å²) in [5, 5.41) is 0. The quantitative estimate of drug-likeness (QED) is 0.719. The highest BCUT2D eigenvalue weighted by atomic mass is 35.5. The van der Waals surface area contributed by atoms with Crippen molar-refractivity contribution < 1.29 is 14.3 Å². The molecule has 1 amide bonds. The van der Waals surface area contributed by atoms with Crippen LogP contribution < -0.4 is 0 Å². The zero-order chi connectivity index (χ0) is 9.68. The van der Waals surface area contributed by atoms with Gasteiger partial charge >= 0.3 is 6.09 Å². The molecule has 0 aromatic heterocycles. The maximum atomic E-state index is 11.4. The fourth-order valence-corrected chi connectivity index (χ4v) is 1.56. The second kappa shape index (κ2) is 6.90. The van der Waals surface area contributed by atoms with E-state index in [-0.39, 0.29) is 24.7 Å². The third-order valence-electron chi connectivity index (χ3n) is 2.22. The molecular weight excluding hydrogens is 206 g/mol. The molecule has 1 heterocycles. The van der Waals surface area contributed by atoms with E-state index in [1.807, 2.05) is 6.92 Å². The molecule has 0 N–H and O–H groups in total. The molecule has 1 aliphatic rings. The number of likely N-dealkylation sites (tertiary alicyclic amines) is 1. The second-order valence-electron chi connectivity index (χ2n) is 3.08. The second-order valence-corrected chi connectivity index (χ2v) is 3.08. The number of ether oxygens (including phenoxy) is 2. The summed E-state index contributed by atoms with van der Waals surface area (Å²) in [6.45, 7) is 2.98. The van der Waals surface area contributed by atoms with Gasteiger partial charge in [0.15, 0.2) is 0 Å². The minimum atomic E-state index is -0.256. The summed E-state index contributed by atoms with van der Waals surface area (Å²) in [6, 6.07) is 0. The lowest BCUT2D eigenvalue weighted by atomic mass is 10.1. The predicted octanol–water partition coefficient (Wildman–Crippen LogP) is 2.02. The molecule has 0 radical (unpaired) electrons. The summed E-state index contributed by atoms with van der Waals surface area (Å²) in [7, 11) is 1.63. The van der Waals surface area contributed by atoms with Crippen molar-refractivity contribution in [1.82, 2.24) is 4.90 Å². The number of amides is 1. The Balaban J connectivity index is 0.00000169. The molecule has 5 heteroatoms. The van der Waals surface area contributed by atoms with Gasteiger partial charge in [0.2, 0.25) is 0 Å². The maximum absolute atomic E-state index is 11.4. The van der Waals surface area contributed by atoms with Gasteiger partial charge in [-0.05, 0) is 26.2 Å². The van der Waals surface area contributed by atoms with Gasteiger partial charge in [-0.25, -0.2) is 4.79 Å². The maximum Gasteiger partial charge on any atom is 0.411 e. The molecule has 1 fully saturated rings. The van der Waals surface area contributed by atoms with Crippen LogP contribution in [0.4, 0.5) is 4.79 Å². The number of halogens is 1. The molecule has 14 heavy (non-hydrogen) atoms. The molecule has 1 saturated heterocycles. The first-order valence-electron chi connectivity index (χ1n) is 4.75. The lowest BCUT2D eigenvalue weighted by molar-refractivity contribution is -0.0482. The number of hydrogen-bond acceptors (Lipinski definition) is 3. The zero-order valence-corrected chi connectivity index (χ0v) is 9.51. The van der Waals surface area contributed by atoms with Crippen LogP contribution in [-0.4, -0.2) is 37.5 Å². The Bertz CT molecular complexity index is 177. The third-order valence-corrected chi connectivity index (χ3v) is 2.22. The van der Waals surface area contributed by atoms with Gasteiger partial charge in [0, 0.05) is 13.7 Å². The Morgan fingerprint density at radius 1 is 1.50 bits per heavy atom. The molecule has 1 aliphatic heterocycles. The van der Waals surface area contributed by atoms with Crippen molar-refractivity contribution in [2.75, 3.05) is 20.3 Å². The summed E-state index contributed by atoms with van der Waals surface area (Å²) >= 11 is 0. The highest BCUT2D eigenvalue weighted by molar-refractivity contribution is 5.85. The van der Waals surface area contributed by atoms with Crippen LogP contribution >= 0.6 is 12.4 Å². The van der Waals surface area contributed by atoms with Crippen molar-refractivity contribution in [3.8, 4) is 0 Å². The van der Waals surface area contributed by atoms with E-state index in [4.69, 9.17) is 9.47 Å². The van der Waals surface area contributed by atoms with Crippen LogP contribution in [0, 0.1) is 0 Å². The molecule has 0 aliphatic carbocycles. The fourth-order valence-electron chi connectivity index (χ4n) is 1.56. The third kappa shape index (κ3) is 3.35. The Morgan fingerprint density at radius 3 is 2.79 bits per heavy atom. The molecule has 1 unspecified atom stereocenters. The molecular formula is C9H18ClNO3. The highest BCUT2D eigenvalue weighted by Crippen LogP contribution is 2.17. The van der Waals surface area contributed by atoms with E-state index in [0.717, 1.165) is 25.8 Å². The van der Waals surface area contributed by atoms with Crippen molar-refractivity contribution in [1.29, 1.82) is 0 Å². The molecule has 0 spiro atoms. The first-order chi connectivity index (χ1) is 6.29. The van der Waals surface area contributed by atoms with E-state index >= 15 is 0 Å². The van der Waals surface area contributed by atoms with Crippen LogP contribution in [0.1, 0.15) is 26.2 Å². The number of carbonyl (C=O) groups excluding carboxylic acids is 1. The van der Waals surface area contributed by atoms with E-state index in [1.165, 1.54) is 0 Å². The van der Waals surface area contributed by atoms with Crippen LogP contribution in [-0.2, 0) is 9.47 Å². The Morgan fingerprint density at radius 2 is 2.21 bits per heavy atom. The molecule has 4 nitrogen and oxygen atoms in total. The minimum Gasteiger partial charge on any atom is -0.450 e. The molecule has 0 bridgehead atoms. The van der Waals surface area contributed by atoms with Crippen LogP contribution in [0.3, 0.4) is 0 Å². The van der Waals surface area contributed by atoms with Crippen LogP contribution in [0.5, 0.6) is 0 Å². The standard InChI is InChI=1S/C9H17NO3.ClH/c1-3-13-9(11)10-7-5-4-6-8(10)12-2;/h8H,3-7H2,1-2H3;1H. The van der Waals surface area contributed by atoms with Crippen LogP contribution in [0.25, 0.3) is 0 Å². The van der Waals surface area contributed by atoms with Gasteiger partial charge in [-0.1, -0.05) is 0 Å². The molecule has 1 atom stereocenters. The van der Waals surface area contributed by atoms with E-state index < -0.39 is 0 Å². The van der Waals surface area contributed by atoms with Crippen molar-refractivity contribution in [2.45, 2.75) is 32.4 Å². The number of rotatable bonds is 2. The molecule has 0 saturated carbocycles. The van der Waals surface area contributed by atoms with E-state index in [9.17, 15) is 4.79 Å². The van der Waals surface area contributed by atoms with Gasteiger partial charge in [0.05, 0.1) is 6.61 Å². The van der Waals surface area contributed by atoms with Crippen molar-refractivity contribution in [3.05, 3.63) is 0 Å². The van der Waals surface area contributed by atoms with E-state index in [0.29, 0.717) is 6.61 Å². The summed E-state index contributed by atoms with van der Waals surface area (Å²) in [5.74, 6) is 0. The van der Waals surface area contributed by atoms with Crippen molar-refractivity contribution in [2.24, 2.45) is 0 Å². The van der Waals surface area contributed by atoms with Gasteiger partial charge in [-0.15, -0.1) is 12.4 Å². The van der Waals surface area contributed by atoms with Crippen molar-refractivity contribution in [3.63, 3.8) is 0 Å². The first-order valence-corrected chi connectivity index (χ1v) is 4.75. The molecule has 0 aromatic rings. The Labute approximate surface area is 91.0 Å². The Kier molecular flexibility index (Phi) is 6.66. The number of carbonyl (C=O) groups is 1. The minimum absolute atomic E-state index is 0. The Hall–Kier alpha value is -0.480. The fraction of sp³-hybridized carbons (Fsp3) is 0.889. The summed E-state index contributed by atoms with van der Waals surface area (Å²) < 4.78 is 10.1. The van der Waals surface area contributed by atoms with Gasteiger partial charge in [-0.2, -0.15) is 0 Å². The average molecular weight is 224 g/mol. The predicted molar refractivity (Wildman–Crippen MR) is 55.6 cm³/mol. The average Bonchev–Trinajstić information content (AvgIpc) is 2.18. The monoisotopic (exact) mass is 223 g/mol. The number of piperidine rings is 1. The van der Waals surface area contributed by atoms with Gasteiger partial charge in [0.1, 0.15) is 6.23 Å². The number of hydrogen-bond donors (Lipinski definition) is 0. The molecule has 0 aromatic carbocycles. The highest BCUT2D eigenvalue weighted by Gasteiger charge is 2.26. The lowest BCUT2D eigenvalue weighted by Gasteiger charge is -2.33. The molecule has 84 valence electrons. The van der Waals surface area contributed by atoms with Crippen LogP contribution in [0.2, 0.25) is 0 Å². The first kappa shape index (κ1) is 13.5. The van der Waals surface area contributed by atoms with Gasteiger partial charge in [-0.3, -0.25) is 4.90 Å². The summed E-state index contributed by atoms with van der Waals surface area (Å²) in [4.78, 5) is 13.1. The largest absolute Gasteiger partial charge is 0.450 e. The number of nitrogens with zero attached hydrogens (tertiary/aromatic N) is 1. The van der Waals surface area contributed by atoms with E-state index in [1.54, 1.807) is 12.0 Å². The SMILES string of the molecule is CCOC(=O)N1CCCCC1OC.Cl. The summed E-state index contributed by atoms with van der Waals surface area (Å²) in [5.41, 5.74) is 0. The summed E-state index contributed by atoms with van der Waals surface area (Å²) in [6.07, 6.45) is 2.73. The normalized spacial score (nSPS) is 21.3. The zero-order valence-electron chi connectivity index (χ0n) is 8.69. The lowest BCUT2D eigenvalue weighted by Crippen LogP contribution is -2.44.